The molecule has 1 nitrogen and oxygen atoms in total. The van der Waals surface area contributed by atoms with Gasteiger partial charge in [-0.2, -0.15) is 0 Å². The quantitative estimate of drug-likeness (QED) is 0.159. The van der Waals surface area contributed by atoms with Crippen LogP contribution in [0.3, 0.4) is 0 Å². The molecule has 0 saturated heterocycles. The van der Waals surface area contributed by atoms with Crippen LogP contribution in [0.15, 0.2) is 206 Å². The van der Waals surface area contributed by atoms with Gasteiger partial charge in [0, 0.05) is 28.0 Å². The highest BCUT2D eigenvalue weighted by Gasteiger charge is 2.36. The highest BCUT2D eigenvalue weighted by Crippen LogP contribution is 2.52. The van der Waals surface area contributed by atoms with E-state index in [-0.39, 0.29) is 5.41 Å². The highest BCUT2D eigenvalue weighted by atomic mass is 15.1. The van der Waals surface area contributed by atoms with Crippen LogP contribution in [0.25, 0.3) is 49.7 Å². The molecule has 0 bridgehead atoms. The van der Waals surface area contributed by atoms with E-state index in [1.807, 2.05) is 0 Å². The summed E-state index contributed by atoms with van der Waals surface area (Å²) in [6.07, 6.45) is 8.11. The summed E-state index contributed by atoms with van der Waals surface area (Å²) in [6.45, 7) is 4.78. The van der Waals surface area contributed by atoms with Crippen molar-refractivity contribution >= 4 is 33.4 Å². The molecule has 0 radical (unpaired) electrons. The zero-order valence-electron chi connectivity index (χ0n) is 31.9. The van der Waals surface area contributed by atoms with Gasteiger partial charge in [0.2, 0.25) is 0 Å². The van der Waals surface area contributed by atoms with Gasteiger partial charge >= 0.3 is 0 Å². The Hall–Kier alpha value is -6.70. The fourth-order valence-corrected chi connectivity index (χ4v) is 9.02. The number of anilines is 3. The lowest BCUT2D eigenvalue weighted by molar-refractivity contribution is 0.660. The molecule has 8 aromatic carbocycles. The predicted octanol–water partition coefficient (Wildman–Crippen LogP) is 15.1. The van der Waals surface area contributed by atoms with Crippen LogP contribution in [0.4, 0.5) is 17.1 Å². The van der Waals surface area contributed by atoms with Gasteiger partial charge in [-0.05, 0) is 97.8 Å². The van der Waals surface area contributed by atoms with Crippen molar-refractivity contribution in [3.8, 4) is 33.4 Å². The number of para-hydroxylation sites is 1. The number of rotatable bonds is 7. The van der Waals surface area contributed by atoms with Crippen molar-refractivity contribution in [3.63, 3.8) is 0 Å². The van der Waals surface area contributed by atoms with Crippen molar-refractivity contribution in [2.24, 2.45) is 0 Å². The van der Waals surface area contributed by atoms with Crippen molar-refractivity contribution in [1.82, 2.24) is 0 Å². The average Bonchev–Trinajstić information content (AvgIpc) is 3.49. The van der Waals surface area contributed by atoms with E-state index in [4.69, 9.17) is 0 Å². The van der Waals surface area contributed by atoms with Crippen molar-refractivity contribution in [2.45, 2.75) is 31.6 Å². The minimum atomic E-state index is -0.189. The van der Waals surface area contributed by atoms with Crippen LogP contribution >= 0.6 is 0 Å². The standard InChI is InChI=1S/C55H43N/c1-55(2)51-36-45(42-26-24-40(25-27-42)38-14-5-3-6-15-38)32-34-49(51)50-35-33-46(37-52(50)55)56(54-23-13-19-43-18-9-10-20-47(43)54)53-22-12-11-21-48(53)44-30-28-41(29-31-44)39-16-7-4-8-17-39/h3-28,30-37,41H,29H2,1-2H3. The van der Waals surface area contributed by atoms with Crippen molar-refractivity contribution in [2.75, 3.05) is 4.90 Å². The second-order valence-corrected chi connectivity index (χ2v) is 15.7. The van der Waals surface area contributed by atoms with Crippen molar-refractivity contribution < 1.29 is 0 Å². The highest BCUT2D eigenvalue weighted by molar-refractivity contribution is 6.01. The zero-order chi connectivity index (χ0) is 37.6. The second-order valence-electron chi connectivity index (χ2n) is 15.7. The van der Waals surface area contributed by atoms with Gasteiger partial charge in [0.05, 0.1) is 11.4 Å². The SMILES string of the molecule is CC1(C)c2cc(-c3ccc(-c4ccccc4)cc3)ccc2-c2ccc(N(c3ccccc3C3=CCC(c4ccccc4)C=C3)c3cccc4ccccc34)cc21. The summed E-state index contributed by atoms with van der Waals surface area (Å²) in [5.74, 6) is 0.385. The van der Waals surface area contributed by atoms with Gasteiger partial charge in [0.25, 0.3) is 0 Å². The Morgan fingerprint density at radius 2 is 1.07 bits per heavy atom. The Labute approximate surface area is 330 Å². The Kier molecular flexibility index (Phi) is 8.37. The third-order valence-electron chi connectivity index (χ3n) is 12.0. The summed E-state index contributed by atoms with van der Waals surface area (Å²) in [6, 6.07) is 69.0. The molecule has 0 aliphatic heterocycles. The summed E-state index contributed by atoms with van der Waals surface area (Å²) in [7, 11) is 0. The molecule has 0 amide bonds. The van der Waals surface area contributed by atoms with Crippen LogP contribution < -0.4 is 4.90 Å². The first-order valence-corrected chi connectivity index (χ1v) is 19.8. The van der Waals surface area contributed by atoms with Gasteiger partial charge in [-0.3, -0.25) is 0 Å². The van der Waals surface area contributed by atoms with Gasteiger partial charge < -0.3 is 4.90 Å². The molecule has 0 aromatic heterocycles. The van der Waals surface area contributed by atoms with Crippen LogP contribution in [0, 0.1) is 0 Å². The molecule has 2 aliphatic rings. The van der Waals surface area contributed by atoms with E-state index in [9.17, 15) is 0 Å². The molecule has 1 unspecified atom stereocenters. The molecular formula is C55H43N. The largest absolute Gasteiger partial charge is 0.309 e. The van der Waals surface area contributed by atoms with Crippen LogP contribution in [-0.2, 0) is 5.41 Å². The number of nitrogens with zero attached hydrogens (tertiary/aromatic N) is 1. The normalized spacial score (nSPS) is 15.2. The molecule has 268 valence electrons. The molecule has 1 atom stereocenters. The summed E-state index contributed by atoms with van der Waals surface area (Å²) in [5, 5.41) is 2.46. The lowest BCUT2D eigenvalue weighted by atomic mass is 9.81. The predicted molar refractivity (Wildman–Crippen MR) is 238 cm³/mol. The van der Waals surface area contributed by atoms with Crippen molar-refractivity contribution in [3.05, 3.63) is 229 Å². The van der Waals surface area contributed by atoms with E-state index in [1.165, 1.54) is 83.4 Å². The molecular weight excluding hydrogens is 675 g/mol. The van der Waals surface area contributed by atoms with Gasteiger partial charge in [-0.15, -0.1) is 0 Å². The first kappa shape index (κ1) is 33.8. The maximum atomic E-state index is 2.49. The second kappa shape index (κ2) is 13.9. The molecule has 2 aliphatic carbocycles. The van der Waals surface area contributed by atoms with Crippen LogP contribution in [-0.4, -0.2) is 0 Å². The number of fused-ring (bicyclic) bond motifs is 4. The minimum absolute atomic E-state index is 0.189. The van der Waals surface area contributed by atoms with Gasteiger partial charge in [-0.25, -0.2) is 0 Å². The summed E-state index contributed by atoms with van der Waals surface area (Å²) in [5.41, 5.74) is 17.5. The molecule has 0 saturated carbocycles. The van der Waals surface area contributed by atoms with E-state index < -0.39 is 0 Å². The van der Waals surface area contributed by atoms with E-state index in [2.05, 4.69) is 225 Å². The van der Waals surface area contributed by atoms with Gasteiger partial charge in [0.1, 0.15) is 0 Å². The Balaban J connectivity index is 1.06. The molecule has 0 heterocycles. The number of hydrogen-bond acceptors (Lipinski definition) is 1. The third kappa shape index (κ3) is 5.88. The smallest absolute Gasteiger partial charge is 0.0540 e. The fourth-order valence-electron chi connectivity index (χ4n) is 9.02. The Morgan fingerprint density at radius 1 is 0.482 bits per heavy atom. The minimum Gasteiger partial charge on any atom is -0.309 e. The van der Waals surface area contributed by atoms with E-state index in [0.29, 0.717) is 5.92 Å². The lowest BCUT2D eigenvalue weighted by Crippen LogP contribution is -2.17. The average molecular weight is 718 g/mol. The monoisotopic (exact) mass is 717 g/mol. The van der Waals surface area contributed by atoms with E-state index in [0.717, 1.165) is 12.1 Å². The van der Waals surface area contributed by atoms with Crippen LogP contribution in [0.5, 0.6) is 0 Å². The number of allylic oxidation sites excluding steroid dienone is 4. The third-order valence-corrected chi connectivity index (χ3v) is 12.0. The first-order valence-electron chi connectivity index (χ1n) is 19.8. The molecule has 0 fully saturated rings. The molecule has 0 N–H and O–H groups in total. The van der Waals surface area contributed by atoms with Gasteiger partial charge in [0.15, 0.2) is 0 Å². The fraction of sp³-hybridized carbons (Fsp3) is 0.0909. The maximum absolute atomic E-state index is 2.49. The van der Waals surface area contributed by atoms with Crippen LogP contribution in [0.2, 0.25) is 0 Å². The van der Waals surface area contributed by atoms with Crippen molar-refractivity contribution in [1.29, 1.82) is 0 Å². The zero-order valence-corrected chi connectivity index (χ0v) is 31.9. The summed E-state index contributed by atoms with van der Waals surface area (Å²) < 4.78 is 0. The van der Waals surface area contributed by atoms with Gasteiger partial charge in [-0.1, -0.05) is 190 Å². The van der Waals surface area contributed by atoms with E-state index >= 15 is 0 Å². The topological polar surface area (TPSA) is 3.24 Å². The van der Waals surface area contributed by atoms with E-state index in [1.54, 1.807) is 0 Å². The van der Waals surface area contributed by atoms with Crippen LogP contribution in [0.1, 0.15) is 48.4 Å². The summed E-state index contributed by atoms with van der Waals surface area (Å²) >= 11 is 0. The lowest BCUT2D eigenvalue weighted by Gasteiger charge is -2.31. The molecule has 8 aromatic rings. The Morgan fingerprint density at radius 3 is 1.84 bits per heavy atom. The summed E-state index contributed by atoms with van der Waals surface area (Å²) in [4.78, 5) is 2.49. The number of hydrogen-bond donors (Lipinski definition) is 0. The maximum Gasteiger partial charge on any atom is 0.0540 e. The molecule has 56 heavy (non-hydrogen) atoms. The molecule has 10 rings (SSSR count). The number of benzene rings is 8. The molecule has 0 spiro atoms. The molecule has 1 heteroatoms. The first-order chi connectivity index (χ1) is 27.5. The Bertz CT molecular complexity index is 2780.